The van der Waals surface area contributed by atoms with Crippen molar-refractivity contribution < 1.29 is 0 Å². The minimum Gasteiger partial charge on any atom is -0.396 e. The van der Waals surface area contributed by atoms with Crippen molar-refractivity contribution in [1.29, 1.82) is 0 Å². The first-order valence-corrected chi connectivity index (χ1v) is 3.42. The van der Waals surface area contributed by atoms with Gasteiger partial charge in [-0.15, -0.1) is 0 Å². The van der Waals surface area contributed by atoms with Gasteiger partial charge < -0.3 is 11.1 Å². The van der Waals surface area contributed by atoms with E-state index in [9.17, 15) is 0 Å². The lowest BCUT2D eigenvalue weighted by Gasteiger charge is -2.02. The molecule has 1 aromatic rings. The van der Waals surface area contributed by atoms with Crippen LogP contribution in [-0.2, 0) is 0 Å². The average molecular weight is 149 g/mol. The number of pyridine rings is 1. The van der Waals surface area contributed by atoms with Crippen LogP contribution in [0.4, 0.5) is 11.4 Å². The molecule has 3 nitrogen and oxygen atoms in total. The summed E-state index contributed by atoms with van der Waals surface area (Å²) in [4.78, 5) is 3.86. The highest BCUT2D eigenvalue weighted by atomic mass is 14.9. The fraction of sp³-hybridized carbons (Fsp3) is 0.125. The quantitative estimate of drug-likeness (QED) is 0.671. The molecular weight excluding hydrogens is 138 g/mol. The Bertz CT molecular complexity index is 255. The lowest BCUT2D eigenvalue weighted by Crippen LogP contribution is -1.94. The Labute approximate surface area is 65.9 Å². The van der Waals surface area contributed by atoms with Crippen molar-refractivity contribution in [3.8, 4) is 0 Å². The molecule has 1 aromatic heterocycles. The molecule has 0 unspecified atom stereocenters. The van der Waals surface area contributed by atoms with Crippen LogP contribution < -0.4 is 11.1 Å². The van der Waals surface area contributed by atoms with Gasteiger partial charge in [0.05, 0.1) is 17.6 Å². The van der Waals surface area contributed by atoms with Crippen LogP contribution in [0.25, 0.3) is 0 Å². The van der Waals surface area contributed by atoms with Gasteiger partial charge >= 0.3 is 0 Å². The molecule has 0 spiro atoms. The monoisotopic (exact) mass is 149 g/mol. The molecule has 11 heavy (non-hydrogen) atoms. The number of anilines is 2. The maximum atomic E-state index is 5.60. The molecule has 0 saturated carbocycles. The largest absolute Gasteiger partial charge is 0.396 e. The lowest BCUT2D eigenvalue weighted by molar-refractivity contribution is 1.33. The van der Waals surface area contributed by atoms with Gasteiger partial charge in [0.25, 0.3) is 0 Å². The third-order valence-electron chi connectivity index (χ3n) is 1.26. The van der Waals surface area contributed by atoms with Gasteiger partial charge in [0, 0.05) is 6.20 Å². The van der Waals surface area contributed by atoms with Crippen molar-refractivity contribution >= 4 is 11.4 Å². The van der Waals surface area contributed by atoms with Crippen LogP contribution in [0.5, 0.6) is 0 Å². The average Bonchev–Trinajstić information content (AvgIpc) is 2.03. The molecule has 0 saturated heterocycles. The van der Waals surface area contributed by atoms with Crippen LogP contribution in [0, 0.1) is 0 Å². The third kappa shape index (κ3) is 1.97. The zero-order chi connectivity index (χ0) is 8.10. The third-order valence-corrected chi connectivity index (χ3v) is 1.26. The summed E-state index contributed by atoms with van der Waals surface area (Å²) in [7, 11) is 0. The molecule has 1 rings (SSSR count). The molecule has 3 heteroatoms. The molecule has 3 N–H and O–H groups in total. The predicted molar refractivity (Wildman–Crippen MR) is 47.1 cm³/mol. The van der Waals surface area contributed by atoms with Crippen LogP contribution in [0.3, 0.4) is 0 Å². The molecule has 0 aliphatic carbocycles. The summed E-state index contributed by atoms with van der Waals surface area (Å²) >= 11 is 0. The van der Waals surface area contributed by atoms with E-state index < -0.39 is 0 Å². The summed E-state index contributed by atoms with van der Waals surface area (Å²) in [6.07, 6.45) is 7.04. The van der Waals surface area contributed by atoms with Gasteiger partial charge in [-0.05, 0) is 19.2 Å². The van der Waals surface area contributed by atoms with Gasteiger partial charge in [-0.3, -0.25) is 4.98 Å². The van der Waals surface area contributed by atoms with Crippen LogP contribution in [0.15, 0.2) is 30.7 Å². The Kier molecular flexibility index (Phi) is 2.49. The smallest absolute Gasteiger partial charge is 0.0739 e. The molecule has 0 aliphatic heterocycles. The van der Waals surface area contributed by atoms with E-state index in [1.807, 2.05) is 25.3 Å². The number of allylic oxidation sites excluding steroid dienone is 1. The number of hydrogen-bond acceptors (Lipinski definition) is 3. The SMILES string of the molecule is C/C=C/Nc1ccncc1N. The van der Waals surface area contributed by atoms with Gasteiger partial charge in [-0.2, -0.15) is 0 Å². The van der Waals surface area contributed by atoms with E-state index in [4.69, 9.17) is 5.73 Å². The predicted octanol–water partition coefficient (Wildman–Crippen LogP) is 1.61. The fourth-order valence-corrected chi connectivity index (χ4v) is 0.711. The van der Waals surface area contributed by atoms with Crippen molar-refractivity contribution in [3.05, 3.63) is 30.7 Å². The van der Waals surface area contributed by atoms with Crippen molar-refractivity contribution in [3.63, 3.8) is 0 Å². The highest BCUT2D eigenvalue weighted by molar-refractivity contribution is 5.65. The number of nitrogens with zero attached hydrogens (tertiary/aromatic N) is 1. The van der Waals surface area contributed by atoms with Crippen molar-refractivity contribution in [2.45, 2.75) is 6.92 Å². The summed E-state index contributed by atoms with van der Waals surface area (Å²) in [6.45, 7) is 1.93. The molecule has 0 aliphatic rings. The van der Waals surface area contributed by atoms with E-state index in [-0.39, 0.29) is 0 Å². The van der Waals surface area contributed by atoms with Crippen LogP contribution in [-0.4, -0.2) is 4.98 Å². The van der Waals surface area contributed by atoms with E-state index in [1.54, 1.807) is 12.4 Å². The summed E-state index contributed by atoms with van der Waals surface area (Å²) in [6, 6.07) is 1.83. The molecule has 1 heterocycles. The number of nitrogen functional groups attached to an aromatic ring is 1. The number of nitrogens with one attached hydrogen (secondary N) is 1. The number of hydrogen-bond donors (Lipinski definition) is 2. The second-order valence-electron chi connectivity index (χ2n) is 2.11. The van der Waals surface area contributed by atoms with Gasteiger partial charge in [0.1, 0.15) is 0 Å². The first kappa shape index (κ1) is 7.60. The molecule has 0 bridgehead atoms. The first-order valence-electron chi connectivity index (χ1n) is 3.42. The Morgan fingerprint density at radius 3 is 3.09 bits per heavy atom. The number of aromatic nitrogens is 1. The zero-order valence-corrected chi connectivity index (χ0v) is 6.41. The minimum absolute atomic E-state index is 0.658. The van der Waals surface area contributed by atoms with E-state index in [2.05, 4.69) is 10.3 Å². The van der Waals surface area contributed by atoms with E-state index in [1.165, 1.54) is 0 Å². The van der Waals surface area contributed by atoms with Gasteiger partial charge in [-0.1, -0.05) is 6.08 Å². The van der Waals surface area contributed by atoms with Crippen LogP contribution >= 0.6 is 0 Å². The molecule has 0 aromatic carbocycles. The first-order chi connectivity index (χ1) is 5.34. The maximum absolute atomic E-state index is 5.60. The normalized spacial score (nSPS) is 10.3. The Morgan fingerprint density at radius 2 is 2.45 bits per heavy atom. The molecule has 0 amide bonds. The minimum atomic E-state index is 0.658. The lowest BCUT2D eigenvalue weighted by atomic mass is 10.3. The van der Waals surface area contributed by atoms with Gasteiger partial charge in [0.2, 0.25) is 0 Å². The Hall–Kier alpha value is -1.51. The van der Waals surface area contributed by atoms with Gasteiger partial charge in [0.15, 0.2) is 0 Å². The fourth-order valence-electron chi connectivity index (χ4n) is 0.711. The van der Waals surface area contributed by atoms with E-state index in [0.717, 1.165) is 5.69 Å². The van der Waals surface area contributed by atoms with Crippen molar-refractivity contribution in [2.75, 3.05) is 11.1 Å². The van der Waals surface area contributed by atoms with E-state index >= 15 is 0 Å². The maximum Gasteiger partial charge on any atom is 0.0739 e. The van der Waals surface area contributed by atoms with Gasteiger partial charge in [-0.25, -0.2) is 0 Å². The Morgan fingerprint density at radius 1 is 1.64 bits per heavy atom. The van der Waals surface area contributed by atoms with Crippen LogP contribution in [0.2, 0.25) is 0 Å². The standard InChI is InChI=1S/C8H11N3/c1-2-4-11-8-3-5-10-6-7(8)9/h2-6H,9H2,1H3,(H,10,11)/b4-2+. The number of nitrogens with two attached hydrogens (primary N) is 1. The van der Waals surface area contributed by atoms with Crippen molar-refractivity contribution in [2.24, 2.45) is 0 Å². The second kappa shape index (κ2) is 3.61. The summed E-state index contributed by atoms with van der Waals surface area (Å²) in [5.41, 5.74) is 7.15. The molecule has 0 atom stereocenters. The van der Waals surface area contributed by atoms with Crippen molar-refractivity contribution in [1.82, 2.24) is 4.98 Å². The highest BCUT2D eigenvalue weighted by Gasteiger charge is 1.92. The van der Waals surface area contributed by atoms with Crippen LogP contribution in [0.1, 0.15) is 6.92 Å². The molecule has 0 fully saturated rings. The topological polar surface area (TPSA) is 50.9 Å². The van der Waals surface area contributed by atoms with E-state index in [0.29, 0.717) is 5.69 Å². The summed E-state index contributed by atoms with van der Waals surface area (Å²) in [5.74, 6) is 0. The molecule has 0 radical (unpaired) electrons. The summed E-state index contributed by atoms with van der Waals surface area (Å²) < 4.78 is 0. The zero-order valence-electron chi connectivity index (χ0n) is 6.41. The Balaban J connectivity index is 2.77. The number of rotatable bonds is 2. The molecule has 58 valence electrons. The highest BCUT2D eigenvalue weighted by Crippen LogP contribution is 2.14. The second-order valence-corrected chi connectivity index (χ2v) is 2.11. The summed E-state index contributed by atoms with van der Waals surface area (Å²) in [5, 5.41) is 3.02. The molecular formula is C8H11N3.